The number of para-hydroxylation sites is 1. The Morgan fingerprint density at radius 3 is 1.95 bits per heavy atom. The van der Waals surface area contributed by atoms with Crippen LogP contribution in [0.25, 0.3) is 0 Å². The van der Waals surface area contributed by atoms with E-state index in [1.807, 2.05) is 0 Å². The average molecular weight is 361 g/mol. The van der Waals surface area contributed by atoms with Crippen LogP contribution >= 0.6 is 15.9 Å². The van der Waals surface area contributed by atoms with Gasteiger partial charge in [0.2, 0.25) is 0 Å². The van der Waals surface area contributed by atoms with Gasteiger partial charge in [-0.25, -0.2) is 0 Å². The molecule has 0 unspecified atom stereocenters. The number of hydrogen-bond donors (Lipinski definition) is 3. The molecule has 0 saturated carbocycles. The van der Waals surface area contributed by atoms with Gasteiger partial charge in [-0.15, -0.1) is 0 Å². The molecular weight excluding hydrogens is 348 g/mol. The maximum Gasteiger partial charge on any atom is 0.294 e. The average Bonchev–Trinajstić information content (AvgIpc) is 2.39. The number of phenols is 1. The number of aliphatic hydroxyl groups excluding tert-OH is 1. The highest BCUT2D eigenvalue weighted by atomic mass is 79.9. The molecule has 2 rings (SSSR count). The zero-order valence-electron chi connectivity index (χ0n) is 10.3. The first-order valence-corrected chi connectivity index (χ1v) is 7.68. The third-order valence-electron chi connectivity index (χ3n) is 2.27. The number of hydrogen-bond acceptors (Lipinski definition) is 4. The van der Waals surface area contributed by atoms with Crippen molar-refractivity contribution in [1.29, 1.82) is 0 Å². The maximum absolute atomic E-state index is 10.5. The molecule has 5 nitrogen and oxygen atoms in total. The Balaban J connectivity index is 0.000000204. The van der Waals surface area contributed by atoms with Crippen molar-refractivity contribution in [2.24, 2.45) is 0 Å². The molecule has 0 radical (unpaired) electrons. The maximum atomic E-state index is 10.5. The smallest absolute Gasteiger partial charge is 0.294 e. The van der Waals surface area contributed by atoms with Crippen LogP contribution < -0.4 is 0 Å². The normalized spacial score (nSPS) is 10.6. The second-order valence-corrected chi connectivity index (χ2v) is 6.05. The lowest BCUT2D eigenvalue weighted by Crippen LogP contribution is -1.96. The lowest BCUT2D eigenvalue weighted by atomic mass is 10.2. The van der Waals surface area contributed by atoms with E-state index in [1.54, 1.807) is 36.4 Å². The predicted molar refractivity (Wildman–Crippen MR) is 78.0 cm³/mol. The highest BCUT2D eigenvalue weighted by Crippen LogP contribution is 2.14. The minimum atomic E-state index is -4.04. The first-order valence-electron chi connectivity index (χ1n) is 5.45. The molecule has 108 valence electrons. The fourth-order valence-corrected chi connectivity index (χ4v) is 2.00. The molecule has 0 aliphatic heterocycles. The van der Waals surface area contributed by atoms with E-state index in [4.69, 9.17) is 14.8 Å². The van der Waals surface area contributed by atoms with Gasteiger partial charge in [0.15, 0.2) is 0 Å². The molecule has 0 spiro atoms. The monoisotopic (exact) mass is 360 g/mol. The van der Waals surface area contributed by atoms with E-state index >= 15 is 0 Å². The van der Waals surface area contributed by atoms with Crippen LogP contribution in [0.1, 0.15) is 5.56 Å². The fourth-order valence-electron chi connectivity index (χ4n) is 1.25. The summed E-state index contributed by atoms with van der Waals surface area (Å²) in [6.45, 7) is -0.104. The largest absolute Gasteiger partial charge is 0.508 e. The summed E-state index contributed by atoms with van der Waals surface area (Å²) < 4.78 is 30.3. The Hall–Kier alpha value is -1.41. The number of halogens is 1. The molecule has 0 heterocycles. The van der Waals surface area contributed by atoms with Gasteiger partial charge in [0.25, 0.3) is 10.1 Å². The van der Waals surface area contributed by atoms with Gasteiger partial charge in [0, 0.05) is 10.0 Å². The first kappa shape index (κ1) is 16.6. The van der Waals surface area contributed by atoms with Crippen LogP contribution in [0.3, 0.4) is 0 Å². The minimum absolute atomic E-state index is 0.0966. The molecule has 2 aromatic rings. The topological polar surface area (TPSA) is 94.8 Å². The van der Waals surface area contributed by atoms with Crippen LogP contribution in [0, 0.1) is 0 Å². The Morgan fingerprint density at radius 1 is 1.00 bits per heavy atom. The molecule has 0 saturated heterocycles. The molecule has 0 aromatic heterocycles. The Bertz CT molecular complexity index is 653. The predicted octanol–water partition coefficient (Wildman–Crippen LogP) is 2.58. The molecule has 0 aliphatic rings. The Morgan fingerprint density at radius 2 is 1.55 bits per heavy atom. The zero-order valence-corrected chi connectivity index (χ0v) is 12.7. The summed E-state index contributed by atoms with van der Waals surface area (Å²) in [4.78, 5) is -0.0966. The van der Waals surface area contributed by atoms with Crippen molar-refractivity contribution in [2.75, 3.05) is 0 Å². The van der Waals surface area contributed by atoms with Gasteiger partial charge in [0.05, 0.1) is 11.5 Å². The van der Waals surface area contributed by atoms with Crippen molar-refractivity contribution < 1.29 is 23.2 Å². The van der Waals surface area contributed by atoms with Gasteiger partial charge in [-0.1, -0.05) is 34.1 Å². The summed E-state index contributed by atoms with van der Waals surface area (Å²) in [5.74, 6) is 0.153. The third kappa shape index (κ3) is 5.30. The number of aromatic hydroxyl groups is 1. The second kappa shape index (κ2) is 7.39. The lowest BCUT2D eigenvalue weighted by molar-refractivity contribution is 0.275. The molecular formula is C13H13BrO5S. The number of aliphatic hydroxyl groups is 1. The van der Waals surface area contributed by atoms with Gasteiger partial charge in [0.1, 0.15) is 5.75 Å². The highest BCUT2D eigenvalue weighted by molar-refractivity contribution is 9.10. The molecule has 0 atom stereocenters. The molecule has 20 heavy (non-hydrogen) atoms. The van der Waals surface area contributed by atoms with E-state index in [0.29, 0.717) is 5.56 Å². The van der Waals surface area contributed by atoms with Gasteiger partial charge >= 0.3 is 0 Å². The first-order chi connectivity index (χ1) is 9.34. The summed E-state index contributed by atoms with van der Waals surface area (Å²) in [6, 6.07) is 12.4. The molecule has 0 aliphatic carbocycles. The fraction of sp³-hybridized carbons (Fsp3) is 0.0769. The molecule has 7 heteroatoms. The SMILES string of the molecule is O=S(=O)(O)c1ccc(Br)cc1.OCc1ccccc1O. The second-order valence-electron chi connectivity index (χ2n) is 3.72. The van der Waals surface area contributed by atoms with Crippen molar-refractivity contribution in [3.63, 3.8) is 0 Å². The standard InChI is InChI=1S/C7H8O2.C6H5BrO3S/c8-5-6-3-1-2-4-7(6)9;7-5-1-3-6(4-2-5)11(8,9)10/h1-4,8-9H,5H2;1-4H,(H,8,9,10). The van der Waals surface area contributed by atoms with E-state index in [1.165, 1.54) is 12.1 Å². The summed E-state index contributed by atoms with van der Waals surface area (Å²) in [6.07, 6.45) is 0. The van der Waals surface area contributed by atoms with Crippen LogP contribution in [0.5, 0.6) is 5.75 Å². The van der Waals surface area contributed by atoms with Crippen LogP contribution in [-0.4, -0.2) is 23.2 Å². The molecule has 3 N–H and O–H groups in total. The number of rotatable bonds is 2. The molecule has 0 fully saturated rings. The third-order valence-corrected chi connectivity index (χ3v) is 3.67. The van der Waals surface area contributed by atoms with Crippen LogP contribution in [-0.2, 0) is 16.7 Å². The van der Waals surface area contributed by atoms with E-state index in [2.05, 4.69) is 15.9 Å². The quantitative estimate of drug-likeness (QED) is 0.715. The van der Waals surface area contributed by atoms with Gasteiger partial charge in [-0.3, -0.25) is 4.55 Å². The molecule has 0 bridgehead atoms. The summed E-state index contributed by atoms with van der Waals surface area (Å²) in [5, 5.41) is 17.5. The van der Waals surface area contributed by atoms with Gasteiger partial charge in [-0.2, -0.15) is 8.42 Å². The van der Waals surface area contributed by atoms with Crippen molar-refractivity contribution in [2.45, 2.75) is 11.5 Å². The minimum Gasteiger partial charge on any atom is -0.508 e. The Labute approximate surface area is 125 Å². The van der Waals surface area contributed by atoms with Gasteiger partial charge in [-0.05, 0) is 30.3 Å². The van der Waals surface area contributed by atoms with E-state index in [0.717, 1.165) is 4.47 Å². The summed E-state index contributed by atoms with van der Waals surface area (Å²) in [7, 11) is -4.04. The zero-order chi connectivity index (χ0) is 15.2. The summed E-state index contributed by atoms with van der Waals surface area (Å²) >= 11 is 3.14. The van der Waals surface area contributed by atoms with Crippen LogP contribution in [0.4, 0.5) is 0 Å². The van der Waals surface area contributed by atoms with Gasteiger partial charge < -0.3 is 10.2 Å². The van der Waals surface area contributed by atoms with E-state index in [9.17, 15) is 8.42 Å². The number of benzene rings is 2. The van der Waals surface area contributed by atoms with Crippen molar-refractivity contribution in [3.05, 3.63) is 58.6 Å². The van der Waals surface area contributed by atoms with Crippen molar-refractivity contribution in [1.82, 2.24) is 0 Å². The van der Waals surface area contributed by atoms with Crippen molar-refractivity contribution >= 4 is 26.0 Å². The Kier molecular flexibility index (Phi) is 6.15. The van der Waals surface area contributed by atoms with E-state index in [-0.39, 0.29) is 17.3 Å². The van der Waals surface area contributed by atoms with Crippen LogP contribution in [0.2, 0.25) is 0 Å². The van der Waals surface area contributed by atoms with Crippen LogP contribution in [0.15, 0.2) is 57.9 Å². The van der Waals surface area contributed by atoms with E-state index < -0.39 is 10.1 Å². The molecule has 0 amide bonds. The lowest BCUT2D eigenvalue weighted by Gasteiger charge is -1.96. The molecule has 2 aromatic carbocycles. The highest BCUT2D eigenvalue weighted by Gasteiger charge is 2.07. The summed E-state index contributed by atoms with van der Waals surface area (Å²) in [5.41, 5.74) is 0.567. The van der Waals surface area contributed by atoms with Crippen molar-refractivity contribution in [3.8, 4) is 5.75 Å².